The Morgan fingerprint density at radius 3 is 2.45 bits per heavy atom. The van der Waals surface area contributed by atoms with Crippen LogP contribution in [0.1, 0.15) is 37.5 Å². The molecule has 1 unspecified atom stereocenters. The quantitative estimate of drug-likeness (QED) is 0.832. The van der Waals surface area contributed by atoms with E-state index >= 15 is 0 Å². The number of nitrogens with one attached hydrogen (secondary N) is 1. The van der Waals surface area contributed by atoms with Crippen LogP contribution in [0.15, 0.2) is 18.2 Å². The minimum absolute atomic E-state index is 0.0321. The van der Waals surface area contributed by atoms with Crippen molar-refractivity contribution in [2.75, 3.05) is 5.75 Å². The summed E-state index contributed by atoms with van der Waals surface area (Å²) >= 11 is 4.31. The van der Waals surface area contributed by atoms with Crippen LogP contribution in [0.25, 0.3) is 0 Å². The van der Waals surface area contributed by atoms with E-state index in [1.807, 2.05) is 20.8 Å². The fraction of sp³-hybridized carbons (Fsp3) is 0.562. The van der Waals surface area contributed by atoms with Gasteiger partial charge in [-0.1, -0.05) is 18.2 Å². The van der Waals surface area contributed by atoms with Gasteiger partial charge in [0.05, 0.1) is 0 Å². The van der Waals surface area contributed by atoms with Crippen LogP contribution in [0, 0.1) is 13.8 Å². The highest BCUT2D eigenvalue weighted by molar-refractivity contribution is 7.80. The van der Waals surface area contributed by atoms with Gasteiger partial charge in [0.15, 0.2) is 0 Å². The lowest BCUT2D eigenvalue weighted by Gasteiger charge is -2.23. The van der Waals surface area contributed by atoms with Gasteiger partial charge in [-0.3, -0.25) is 0 Å². The molecule has 0 saturated carbocycles. The molecule has 0 aliphatic heterocycles. The molecule has 1 aromatic rings. The van der Waals surface area contributed by atoms with E-state index in [1.165, 1.54) is 16.7 Å². The standard InChI is InChI=1S/C16H25NO2S/c1-11-6-7-13(8-12(11)2)9-14(10-20)17-15(18)19-16(3,4)5/h6-8,14,20H,9-10H2,1-5H3,(H,17,18). The van der Waals surface area contributed by atoms with Gasteiger partial charge < -0.3 is 10.1 Å². The van der Waals surface area contributed by atoms with E-state index in [0.717, 1.165) is 6.42 Å². The molecule has 20 heavy (non-hydrogen) atoms. The Morgan fingerprint density at radius 1 is 1.30 bits per heavy atom. The predicted molar refractivity (Wildman–Crippen MR) is 86.6 cm³/mol. The van der Waals surface area contributed by atoms with E-state index in [4.69, 9.17) is 4.74 Å². The second kappa shape index (κ2) is 7.02. The summed E-state index contributed by atoms with van der Waals surface area (Å²) in [6.45, 7) is 9.74. The van der Waals surface area contributed by atoms with Gasteiger partial charge >= 0.3 is 6.09 Å². The Morgan fingerprint density at radius 2 is 1.95 bits per heavy atom. The van der Waals surface area contributed by atoms with Crippen molar-refractivity contribution in [1.82, 2.24) is 5.32 Å². The lowest BCUT2D eigenvalue weighted by molar-refractivity contribution is 0.0509. The molecular formula is C16H25NO2S. The molecule has 0 saturated heterocycles. The number of hydrogen-bond acceptors (Lipinski definition) is 3. The minimum atomic E-state index is -0.480. The molecule has 0 aliphatic rings. The number of ether oxygens (including phenoxy) is 1. The number of amides is 1. The fourth-order valence-corrected chi connectivity index (χ4v) is 2.07. The van der Waals surface area contributed by atoms with Crippen molar-refractivity contribution in [2.45, 2.75) is 52.7 Å². The molecule has 1 N–H and O–H groups in total. The molecule has 4 heteroatoms. The molecule has 0 fully saturated rings. The third kappa shape index (κ3) is 5.87. The van der Waals surface area contributed by atoms with Crippen LogP contribution in [0.3, 0.4) is 0 Å². The van der Waals surface area contributed by atoms with Crippen LogP contribution in [0.5, 0.6) is 0 Å². The third-order valence-corrected chi connectivity index (χ3v) is 3.44. The molecule has 0 aliphatic carbocycles. The van der Waals surface area contributed by atoms with Crippen molar-refractivity contribution >= 4 is 18.7 Å². The largest absolute Gasteiger partial charge is 0.444 e. The Labute approximate surface area is 127 Å². The zero-order chi connectivity index (χ0) is 15.3. The molecular weight excluding hydrogens is 270 g/mol. The molecule has 112 valence electrons. The number of aryl methyl sites for hydroxylation is 2. The molecule has 0 spiro atoms. The van der Waals surface area contributed by atoms with Crippen molar-refractivity contribution in [1.29, 1.82) is 0 Å². The lowest BCUT2D eigenvalue weighted by Crippen LogP contribution is -2.41. The van der Waals surface area contributed by atoms with Gasteiger partial charge in [-0.15, -0.1) is 0 Å². The maximum absolute atomic E-state index is 11.8. The Hall–Kier alpha value is -1.16. The zero-order valence-electron chi connectivity index (χ0n) is 13.0. The van der Waals surface area contributed by atoms with E-state index < -0.39 is 5.60 Å². The molecule has 3 nitrogen and oxygen atoms in total. The molecule has 0 radical (unpaired) electrons. The average molecular weight is 295 g/mol. The number of thiol groups is 1. The summed E-state index contributed by atoms with van der Waals surface area (Å²) in [5.41, 5.74) is 3.25. The average Bonchev–Trinajstić information content (AvgIpc) is 2.30. The molecule has 1 rings (SSSR count). The summed E-state index contributed by atoms with van der Waals surface area (Å²) in [5, 5.41) is 2.87. The van der Waals surface area contributed by atoms with Crippen LogP contribution in [0.2, 0.25) is 0 Å². The highest BCUT2D eigenvalue weighted by Crippen LogP contribution is 2.13. The summed E-state index contributed by atoms with van der Waals surface area (Å²) < 4.78 is 5.27. The topological polar surface area (TPSA) is 38.3 Å². The molecule has 1 aromatic carbocycles. The summed E-state index contributed by atoms with van der Waals surface area (Å²) in [6.07, 6.45) is 0.365. The Balaban J connectivity index is 2.63. The summed E-state index contributed by atoms with van der Waals surface area (Å²) in [5.74, 6) is 0.576. The van der Waals surface area contributed by atoms with Gasteiger partial charge in [0.2, 0.25) is 0 Å². The SMILES string of the molecule is Cc1ccc(CC(CS)NC(=O)OC(C)(C)C)cc1C. The number of benzene rings is 1. The van der Waals surface area contributed by atoms with Crippen molar-refractivity contribution in [3.05, 3.63) is 34.9 Å². The van der Waals surface area contributed by atoms with Crippen molar-refractivity contribution in [3.8, 4) is 0 Å². The second-order valence-corrected chi connectivity index (χ2v) is 6.51. The number of hydrogen-bond donors (Lipinski definition) is 2. The number of alkyl carbamates (subject to hydrolysis) is 1. The van der Waals surface area contributed by atoms with Crippen molar-refractivity contribution in [2.24, 2.45) is 0 Å². The molecule has 0 aromatic heterocycles. The van der Waals surface area contributed by atoms with Gasteiger partial charge in [0.25, 0.3) is 0 Å². The van der Waals surface area contributed by atoms with E-state index in [0.29, 0.717) is 5.75 Å². The van der Waals surface area contributed by atoms with E-state index in [2.05, 4.69) is 50.0 Å². The van der Waals surface area contributed by atoms with Gasteiger partial charge in [-0.25, -0.2) is 4.79 Å². The van der Waals surface area contributed by atoms with E-state index in [-0.39, 0.29) is 12.1 Å². The predicted octanol–water partition coefficient (Wildman–Crippen LogP) is 3.67. The highest BCUT2D eigenvalue weighted by atomic mass is 32.1. The van der Waals surface area contributed by atoms with Crippen molar-refractivity contribution in [3.63, 3.8) is 0 Å². The first-order valence-electron chi connectivity index (χ1n) is 6.88. The molecule has 1 atom stereocenters. The van der Waals surface area contributed by atoms with Crippen LogP contribution in [0.4, 0.5) is 4.79 Å². The zero-order valence-corrected chi connectivity index (χ0v) is 13.9. The second-order valence-electron chi connectivity index (χ2n) is 6.15. The first-order chi connectivity index (χ1) is 9.21. The lowest BCUT2D eigenvalue weighted by atomic mass is 10.0. The summed E-state index contributed by atoms with van der Waals surface area (Å²) in [7, 11) is 0. The van der Waals surface area contributed by atoms with E-state index in [9.17, 15) is 4.79 Å². The normalized spacial score (nSPS) is 12.9. The first kappa shape index (κ1) is 16.9. The maximum atomic E-state index is 11.8. The number of rotatable bonds is 4. The van der Waals surface area contributed by atoms with Gasteiger partial charge in [-0.05, 0) is 57.7 Å². The summed E-state index contributed by atoms with van der Waals surface area (Å²) in [4.78, 5) is 11.8. The van der Waals surface area contributed by atoms with Crippen LogP contribution >= 0.6 is 12.6 Å². The number of carbonyl (C=O) groups excluding carboxylic acids is 1. The first-order valence-corrected chi connectivity index (χ1v) is 7.51. The monoisotopic (exact) mass is 295 g/mol. The smallest absolute Gasteiger partial charge is 0.407 e. The molecule has 0 bridgehead atoms. The van der Waals surface area contributed by atoms with Gasteiger partial charge in [-0.2, -0.15) is 12.6 Å². The van der Waals surface area contributed by atoms with Gasteiger partial charge in [0.1, 0.15) is 5.60 Å². The Bertz CT molecular complexity index is 466. The maximum Gasteiger partial charge on any atom is 0.407 e. The number of carbonyl (C=O) groups is 1. The van der Waals surface area contributed by atoms with Gasteiger partial charge in [0, 0.05) is 11.8 Å². The van der Waals surface area contributed by atoms with Crippen LogP contribution in [-0.4, -0.2) is 23.5 Å². The van der Waals surface area contributed by atoms with Crippen LogP contribution in [-0.2, 0) is 11.2 Å². The molecule has 0 heterocycles. The third-order valence-electron chi connectivity index (χ3n) is 2.99. The van der Waals surface area contributed by atoms with Crippen molar-refractivity contribution < 1.29 is 9.53 Å². The van der Waals surface area contributed by atoms with E-state index in [1.54, 1.807) is 0 Å². The highest BCUT2D eigenvalue weighted by Gasteiger charge is 2.19. The Kier molecular flexibility index (Phi) is 5.93. The minimum Gasteiger partial charge on any atom is -0.444 e. The van der Waals surface area contributed by atoms with Crippen LogP contribution < -0.4 is 5.32 Å². The molecule has 1 amide bonds. The summed E-state index contributed by atoms with van der Waals surface area (Å²) in [6, 6.07) is 6.32. The fourth-order valence-electron chi connectivity index (χ4n) is 1.85.